The summed E-state index contributed by atoms with van der Waals surface area (Å²) in [6, 6.07) is 0. The Kier molecular flexibility index (Phi) is 7.25. The zero-order chi connectivity index (χ0) is 12.8. The highest BCUT2D eigenvalue weighted by molar-refractivity contribution is 4.64. The third-order valence-corrected chi connectivity index (χ3v) is 2.19. The Hall–Kier alpha value is -0.0800. The normalized spacial score (nSPS) is 13.1. The molecular formula is C14H31NO. The van der Waals surface area contributed by atoms with E-state index in [-0.39, 0.29) is 5.60 Å². The lowest BCUT2D eigenvalue weighted by Gasteiger charge is -2.28. The minimum Gasteiger partial charge on any atom is -0.375 e. The van der Waals surface area contributed by atoms with Crippen LogP contribution in [-0.2, 0) is 4.74 Å². The molecule has 0 saturated heterocycles. The molecule has 0 saturated carbocycles. The lowest BCUT2D eigenvalue weighted by Crippen LogP contribution is -2.35. The average Bonchev–Trinajstić information content (AvgIpc) is 1.98. The first-order chi connectivity index (χ1) is 7.20. The van der Waals surface area contributed by atoms with E-state index in [2.05, 4.69) is 53.4 Å². The van der Waals surface area contributed by atoms with Crippen molar-refractivity contribution in [2.24, 2.45) is 11.8 Å². The molecule has 0 aromatic carbocycles. The van der Waals surface area contributed by atoms with Crippen LogP contribution in [0.1, 0.15) is 48.5 Å². The van der Waals surface area contributed by atoms with Crippen molar-refractivity contribution in [2.45, 2.75) is 54.1 Å². The predicted octanol–water partition coefficient (Wildman–Crippen LogP) is 3.42. The van der Waals surface area contributed by atoms with Crippen LogP contribution in [0.2, 0.25) is 0 Å². The molecule has 0 atom stereocenters. The minimum absolute atomic E-state index is 0.0126. The van der Waals surface area contributed by atoms with Crippen molar-refractivity contribution < 1.29 is 4.74 Å². The van der Waals surface area contributed by atoms with Crippen molar-refractivity contribution >= 4 is 0 Å². The summed E-state index contributed by atoms with van der Waals surface area (Å²) in [5.41, 5.74) is -0.0126. The first kappa shape index (κ1) is 15.9. The molecule has 0 aliphatic heterocycles. The number of rotatable bonds is 7. The summed E-state index contributed by atoms with van der Waals surface area (Å²) in [7, 11) is 0. The first-order valence-corrected chi connectivity index (χ1v) is 6.57. The maximum absolute atomic E-state index is 5.78. The Morgan fingerprint density at radius 2 is 1.38 bits per heavy atom. The number of hydrogen-bond donors (Lipinski definition) is 0. The van der Waals surface area contributed by atoms with E-state index < -0.39 is 0 Å². The Labute approximate surface area is 102 Å². The van der Waals surface area contributed by atoms with Crippen LogP contribution < -0.4 is 0 Å². The monoisotopic (exact) mass is 229 g/mol. The maximum Gasteiger partial charge on any atom is 0.0600 e. The largest absolute Gasteiger partial charge is 0.375 e. The van der Waals surface area contributed by atoms with Gasteiger partial charge in [-0.3, -0.25) is 0 Å². The average molecular weight is 229 g/mol. The molecule has 0 rings (SSSR count). The molecule has 2 nitrogen and oxygen atoms in total. The summed E-state index contributed by atoms with van der Waals surface area (Å²) < 4.78 is 5.78. The van der Waals surface area contributed by atoms with E-state index >= 15 is 0 Å². The van der Waals surface area contributed by atoms with E-state index in [0.717, 1.165) is 25.0 Å². The van der Waals surface area contributed by atoms with Crippen LogP contribution in [0.15, 0.2) is 0 Å². The molecule has 16 heavy (non-hydrogen) atoms. The zero-order valence-electron chi connectivity index (χ0n) is 12.3. The Bertz CT molecular complexity index is 160. The first-order valence-electron chi connectivity index (χ1n) is 6.57. The van der Waals surface area contributed by atoms with Crippen LogP contribution >= 0.6 is 0 Å². The molecule has 0 unspecified atom stereocenters. The lowest BCUT2D eigenvalue weighted by molar-refractivity contribution is -0.0150. The summed E-state index contributed by atoms with van der Waals surface area (Å²) in [5, 5.41) is 0. The molecule has 2 heteroatoms. The molecule has 0 spiro atoms. The Balaban J connectivity index is 3.92. The van der Waals surface area contributed by atoms with Crippen molar-refractivity contribution in [1.82, 2.24) is 4.90 Å². The van der Waals surface area contributed by atoms with Gasteiger partial charge in [0.2, 0.25) is 0 Å². The number of ether oxygens (including phenoxy) is 1. The highest BCUT2D eigenvalue weighted by Gasteiger charge is 2.13. The minimum atomic E-state index is -0.0126. The molecule has 0 amide bonds. The molecule has 98 valence electrons. The Morgan fingerprint density at radius 3 is 1.69 bits per heavy atom. The van der Waals surface area contributed by atoms with E-state index in [4.69, 9.17) is 4.74 Å². The van der Waals surface area contributed by atoms with Gasteiger partial charge in [-0.25, -0.2) is 0 Å². The molecule has 0 aromatic heterocycles. The van der Waals surface area contributed by atoms with Crippen LogP contribution in [-0.4, -0.2) is 36.7 Å². The van der Waals surface area contributed by atoms with Gasteiger partial charge in [-0.15, -0.1) is 0 Å². The number of hydrogen-bond acceptors (Lipinski definition) is 2. The van der Waals surface area contributed by atoms with E-state index in [1.54, 1.807) is 0 Å². The molecule has 0 N–H and O–H groups in total. The lowest BCUT2D eigenvalue weighted by atomic mass is 10.1. The molecule has 0 aromatic rings. The molecule has 0 aliphatic rings. The van der Waals surface area contributed by atoms with Crippen molar-refractivity contribution in [3.63, 3.8) is 0 Å². The van der Waals surface area contributed by atoms with E-state index in [1.165, 1.54) is 13.1 Å². The van der Waals surface area contributed by atoms with Crippen LogP contribution in [0, 0.1) is 11.8 Å². The summed E-state index contributed by atoms with van der Waals surface area (Å²) in [6.45, 7) is 19.7. The molecule has 0 bridgehead atoms. The number of nitrogens with zero attached hydrogens (tertiary/aromatic N) is 1. The summed E-state index contributed by atoms with van der Waals surface area (Å²) in [5.74, 6) is 1.46. The van der Waals surface area contributed by atoms with Crippen LogP contribution in [0.3, 0.4) is 0 Å². The van der Waals surface area contributed by atoms with Crippen molar-refractivity contribution in [3.05, 3.63) is 0 Å². The summed E-state index contributed by atoms with van der Waals surface area (Å²) >= 11 is 0. The molecular weight excluding hydrogens is 198 g/mol. The van der Waals surface area contributed by atoms with Gasteiger partial charge < -0.3 is 9.64 Å². The third kappa shape index (κ3) is 10.4. The smallest absolute Gasteiger partial charge is 0.0600 e. The van der Waals surface area contributed by atoms with Crippen molar-refractivity contribution in [1.29, 1.82) is 0 Å². The van der Waals surface area contributed by atoms with Gasteiger partial charge in [-0.2, -0.15) is 0 Å². The van der Waals surface area contributed by atoms with Crippen LogP contribution in [0.5, 0.6) is 0 Å². The van der Waals surface area contributed by atoms with E-state index in [0.29, 0.717) is 0 Å². The van der Waals surface area contributed by atoms with Crippen LogP contribution in [0.25, 0.3) is 0 Å². The Morgan fingerprint density at radius 1 is 0.938 bits per heavy atom. The molecule has 0 radical (unpaired) electrons. The molecule has 0 aliphatic carbocycles. The van der Waals surface area contributed by atoms with Crippen molar-refractivity contribution in [3.8, 4) is 0 Å². The highest BCUT2D eigenvalue weighted by Crippen LogP contribution is 2.08. The third-order valence-electron chi connectivity index (χ3n) is 2.19. The van der Waals surface area contributed by atoms with Gasteiger partial charge in [0.15, 0.2) is 0 Å². The topological polar surface area (TPSA) is 12.5 Å². The quantitative estimate of drug-likeness (QED) is 0.663. The van der Waals surface area contributed by atoms with Crippen LogP contribution in [0.4, 0.5) is 0 Å². The van der Waals surface area contributed by atoms with E-state index in [1.807, 2.05) is 0 Å². The zero-order valence-corrected chi connectivity index (χ0v) is 12.3. The highest BCUT2D eigenvalue weighted by atomic mass is 16.5. The second kappa shape index (κ2) is 7.29. The van der Waals surface area contributed by atoms with Gasteiger partial charge in [0.05, 0.1) is 12.2 Å². The fraction of sp³-hybridized carbons (Fsp3) is 1.00. The SMILES string of the molecule is CC(C)CN(CCOC(C)(C)C)CC(C)C. The fourth-order valence-corrected chi connectivity index (χ4v) is 1.77. The van der Waals surface area contributed by atoms with Gasteiger partial charge in [0.25, 0.3) is 0 Å². The molecule has 0 heterocycles. The fourth-order valence-electron chi connectivity index (χ4n) is 1.77. The predicted molar refractivity (Wildman–Crippen MR) is 71.8 cm³/mol. The van der Waals surface area contributed by atoms with Gasteiger partial charge in [0, 0.05) is 19.6 Å². The standard InChI is InChI=1S/C14H31NO/c1-12(2)10-15(11-13(3)4)8-9-16-14(5,6)7/h12-13H,8-11H2,1-7H3. The van der Waals surface area contributed by atoms with E-state index in [9.17, 15) is 0 Å². The van der Waals surface area contributed by atoms with Gasteiger partial charge in [-0.05, 0) is 32.6 Å². The molecule has 0 fully saturated rings. The second-order valence-corrected chi connectivity index (χ2v) is 6.51. The van der Waals surface area contributed by atoms with Gasteiger partial charge in [-0.1, -0.05) is 27.7 Å². The summed E-state index contributed by atoms with van der Waals surface area (Å²) in [6.07, 6.45) is 0. The van der Waals surface area contributed by atoms with Gasteiger partial charge in [0.1, 0.15) is 0 Å². The maximum atomic E-state index is 5.78. The van der Waals surface area contributed by atoms with Crippen molar-refractivity contribution in [2.75, 3.05) is 26.2 Å². The second-order valence-electron chi connectivity index (χ2n) is 6.51. The van der Waals surface area contributed by atoms with Gasteiger partial charge >= 0.3 is 0 Å². The summed E-state index contributed by atoms with van der Waals surface area (Å²) in [4.78, 5) is 2.51.